The summed E-state index contributed by atoms with van der Waals surface area (Å²) in [5, 5.41) is 2.62. The van der Waals surface area contributed by atoms with Crippen molar-refractivity contribution in [3.8, 4) is 11.5 Å². The lowest BCUT2D eigenvalue weighted by Gasteiger charge is -2.11. The number of alkyl halides is 2. The monoisotopic (exact) mass is 425 g/mol. The number of carbonyl (C=O) groups is 1. The van der Waals surface area contributed by atoms with Gasteiger partial charge in [-0.25, -0.2) is 8.42 Å². The van der Waals surface area contributed by atoms with Crippen LogP contribution in [0.4, 0.5) is 14.5 Å². The van der Waals surface area contributed by atoms with Crippen molar-refractivity contribution < 1.29 is 31.5 Å². The average Bonchev–Trinajstić information content (AvgIpc) is 2.62. The Labute approximate surface area is 168 Å². The van der Waals surface area contributed by atoms with Crippen LogP contribution in [0.2, 0.25) is 0 Å². The molecule has 29 heavy (non-hydrogen) atoms. The lowest BCUT2D eigenvalue weighted by molar-refractivity contribution is -0.111. The summed E-state index contributed by atoms with van der Waals surface area (Å²) in [4.78, 5) is 12.3. The molecule has 0 saturated heterocycles. The number of sulfone groups is 1. The molecule has 6 nitrogen and oxygen atoms in total. The summed E-state index contributed by atoms with van der Waals surface area (Å²) in [7, 11) is -3.40. The fourth-order valence-corrected chi connectivity index (χ4v) is 3.05. The third kappa shape index (κ3) is 6.56. The highest BCUT2D eigenvalue weighted by atomic mass is 32.2. The van der Waals surface area contributed by atoms with Gasteiger partial charge in [0.25, 0.3) is 0 Å². The second kappa shape index (κ2) is 9.51. The normalized spacial score (nSPS) is 11.7. The SMILES string of the molecule is CCOc1cc(/C=C/C(=O)Nc2cc(S(C)(=O)=O)ccc2C)ccc1OC(F)F. The van der Waals surface area contributed by atoms with E-state index in [1.54, 1.807) is 19.9 Å². The molecule has 2 aromatic carbocycles. The molecule has 0 spiro atoms. The number of amides is 1. The smallest absolute Gasteiger partial charge is 0.387 e. The van der Waals surface area contributed by atoms with Crippen molar-refractivity contribution in [2.75, 3.05) is 18.2 Å². The molecule has 9 heteroatoms. The largest absolute Gasteiger partial charge is 0.490 e. The van der Waals surface area contributed by atoms with Gasteiger partial charge in [0, 0.05) is 18.0 Å². The van der Waals surface area contributed by atoms with Gasteiger partial charge in [0.1, 0.15) is 0 Å². The van der Waals surface area contributed by atoms with E-state index in [9.17, 15) is 22.0 Å². The third-order valence-electron chi connectivity index (χ3n) is 3.81. The maximum absolute atomic E-state index is 12.5. The average molecular weight is 425 g/mol. The van der Waals surface area contributed by atoms with Crippen molar-refractivity contribution in [3.63, 3.8) is 0 Å². The highest BCUT2D eigenvalue weighted by Gasteiger charge is 2.12. The molecule has 0 radical (unpaired) electrons. The third-order valence-corrected chi connectivity index (χ3v) is 4.92. The van der Waals surface area contributed by atoms with Crippen LogP contribution >= 0.6 is 0 Å². The number of benzene rings is 2. The van der Waals surface area contributed by atoms with Crippen LogP contribution in [0.15, 0.2) is 47.4 Å². The van der Waals surface area contributed by atoms with Crippen LogP contribution in [0.1, 0.15) is 18.1 Å². The van der Waals surface area contributed by atoms with Crippen LogP contribution in [-0.2, 0) is 14.6 Å². The highest BCUT2D eigenvalue weighted by molar-refractivity contribution is 7.90. The molecule has 1 N–H and O–H groups in total. The Hall–Kier alpha value is -2.94. The van der Waals surface area contributed by atoms with Gasteiger partial charge >= 0.3 is 6.61 Å². The molecule has 0 aliphatic carbocycles. The van der Waals surface area contributed by atoms with Crippen molar-refractivity contribution >= 4 is 27.5 Å². The van der Waals surface area contributed by atoms with Gasteiger partial charge in [-0.05, 0) is 55.3 Å². The van der Waals surface area contributed by atoms with Crippen molar-refractivity contribution in [3.05, 3.63) is 53.6 Å². The standard InChI is InChI=1S/C20H21F2NO5S/c1-4-27-18-11-14(6-9-17(18)28-20(21)22)7-10-19(24)23-16-12-15(29(3,25)26)8-5-13(16)2/h5-12,20H,4H2,1-3H3,(H,23,24)/b10-7+. The number of nitrogens with one attached hydrogen (secondary N) is 1. The minimum Gasteiger partial charge on any atom is -0.490 e. The van der Waals surface area contributed by atoms with Crippen molar-refractivity contribution in [2.45, 2.75) is 25.4 Å². The first-order valence-electron chi connectivity index (χ1n) is 8.61. The summed E-state index contributed by atoms with van der Waals surface area (Å²) < 4.78 is 58.0. The predicted molar refractivity (Wildman–Crippen MR) is 106 cm³/mol. The van der Waals surface area contributed by atoms with Gasteiger partial charge in [-0.2, -0.15) is 8.78 Å². The van der Waals surface area contributed by atoms with E-state index in [-0.39, 0.29) is 23.0 Å². The summed E-state index contributed by atoms with van der Waals surface area (Å²) in [6.07, 6.45) is 3.80. The van der Waals surface area contributed by atoms with Crippen LogP contribution < -0.4 is 14.8 Å². The minimum atomic E-state index is -3.40. The van der Waals surface area contributed by atoms with Crippen LogP contribution in [0.3, 0.4) is 0 Å². The van der Waals surface area contributed by atoms with Crippen LogP contribution in [0, 0.1) is 6.92 Å². The van der Waals surface area contributed by atoms with E-state index in [1.165, 1.54) is 42.5 Å². The van der Waals surface area contributed by atoms with Gasteiger partial charge in [-0.3, -0.25) is 4.79 Å². The van der Waals surface area contributed by atoms with Crippen molar-refractivity contribution in [1.82, 2.24) is 0 Å². The molecule has 0 aliphatic rings. The van der Waals surface area contributed by atoms with E-state index in [1.807, 2.05) is 0 Å². The number of anilines is 1. The summed E-state index contributed by atoms with van der Waals surface area (Å²) in [5.74, 6) is -0.451. The first kappa shape index (κ1) is 22.4. The van der Waals surface area contributed by atoms with E-state index in [2.05, 4.69) is 10.1 Å². The number of halogens is 2. The molecule has 0 bridgehead atoms. The number of ether oxygens (including phenoxy) is 2. The lowest BCUT2D eigenvalue weighted by Crippen LogP contribution is -2.10. The van der Waals surface area contributed by atoms with Gasteiger partial charge in [0.05, 0.1) is 11.5 Å². The molecular weight excluding hydrogens is 404 g/mol. The topological polar surface area (TPSA) is 81.7 Å². The number of rotatable bonds is 8. The first-order chi connectivity index (χ1) is 13.6. The molecule has 2 aromatic rings. The van der Waals surface area contributed by atoms with Crippen LogP contribution in [0.5, 0.6) is 11.5 Å². The molecule has 0 atom stereocenters. The fourth-order valence-electron chi connectivity index (χ4n) is 2.40. The molecule has 2 rings (SSSR count). The van der Waals surface area contributed by atoms with E-state index >= 15 is 0 Å². The number of hydrogen-bond acceptors (Lipinski definition) is 5. The van der Waals surface area contributed by atoms with Gasteiger partial charge in [-0.15, -0.1) is 0 Å². The van der Waals surface area contributed by atoms with E-state index in [0.29, 0.717) is 16.8 Å². The summed E-state index contributed by atoms with van der Waals surface area (Å²) in [5.41, 5.74) is 1.61. The zero-order valence-corrected chi connectivity index (χ0v) is 16.9. The first-order valence-corrected chi connectivity index (χ1v) is 10.5. The molecule has 0 fully saturated rings. The van der Waals surface area contributed by atoms with Gasteiger partial charge in [-0.1, -0.05) is 12.1 Å². The summed E-state index contributed by atoms with van der Waals surface area (Å²) >= 11 is 0. The summed E-state index contributed by atoms with van der Waals surface area (Å²) in [6, 6.07) is 8.76. The Bertz CT molecular complexity index is 1020. The molecule has 0 saturated carbocycles. The van der Waals surface area contributed by atoms with E-state index < -0.39 is 22.4 Å². The van der Waals surface area contributed by atoms with Crippen molar-refractivity contribution in [1.29, 1.82) is 0 Å². The molecular formula is C20H21F2NO5S. The fraction of sp³-hybridized carbons (Fsp3) is 0.250. The van der Waals surface area contributed by atoms with Gasteiger partial charge in [0.2, 0.25) is 5.91 Å². The molecule has 0 heterocycles. The van der Waals surface area contributed by atoms with E-state index in [0.717, 1.165) is 6.26 Å². The Morgan fingerprint density at radius 2 is 1.90 bits per heavy atom. The van der Waals surface area contributed by atoms with Gasteiger partial charge in [0.15, 0.2) is 21.3 Å². The second-order valence-electron chi connectivity index (χ2n) is 6.09. The maximum Gasteiger partial charge on any atom is 0.387 e. The van der Waals surface area contributed by atoms with Crippen molar-refractivity contribution in [2.24, 2.45) is 0 Å². The molecule has 0 aliphatic heterocycles. The van der Waals surface area contributed by atoms with E-state index in [4.69, 9.17) is 4.74 Å². The Morgan fingerprint density at radius 3 is 2.52 bits per heavy atom. The number of carbonyl (C=O) groups excluding carboxylic acids is 1. The molecule has 1 amide bonds. The summed E-state index contributed by atoms with van der Waals surface area (Å²) in [6.45, 7) is 0.715. The zero-order chi connectivity index (χ0) is 21.6. The molecule has 156 valence electrons. The Morgan fingerprint density at radius 1 is 1.17 bits per heavy atom. The van der Waals surface area contributed by atoms with Gasteiger partial charge < -0.3 is 14.8 Å². The Kier molecular flexibility index (Phi) is 7.33. The van der Waals surface area contributed by atoms with Crippen LogP contribution in [0.25, 0.3) is 6.08 Å². The quantitative estimate of drug-likeness (QED) is 0.646. The minimum absolute atomic E-state index is 0.0957. The highest BCUT2D eigenvalue weighted by Crippen LogP contribution is 2.30. The number of hydrogen-bond donors (Lipinski definition) is 1. The predicted octanol–water partition coefficient (Wildman–Crippen LogP) is 4.05. The molecule has 0 aromatic heterocycles. The lowest BCUT2D eigenvalue weighted by atomic mass is 10.1. The Balaban J connectivity index is 2.18. The van der Waals surface area contributed by atoms with Crippen LogP contribution in [-0.4, -0.2) is 33.8 Å². The maximum atomic E-state index is 12.5. The number of aryl methyl sites for hydroxylation is 1. The molecule has 0 unspecified atom stereocenters. The zero-order valence-electron chi connectivity index (χ0n) is 16.1. The second-order valence-corrected chi connectivity index (χ2v) is 8.10.